The van der Waals surface area contributed by atoms with Crippen LogP contribution in [0.3, 0.4) is 0 Å². The zero-order valence-corrected chi connectivity index (χ0v) is 20.5. The highest BCUT2D eigenvalue weighted by Crippen LogP contribution is 2.25. The van der Waals surface area contributed by atoms with Gasteiger partial charge in [-0.05, 0) is 38.8 Å². The van der Waals surface area contributed by atoms with Crippen LogP contribution in [0, 0.1) is 17.0 Å². The number of thiazole rings is 1. The molecular weight excluding hydrogens is 488 g/mol. The van der Waals surface area contributed by atoms with Crippen LogP contribution in [-0.2, 0) is 0 Å². The third-order valence-corrected chi connectivity index (χ3v) is 7.13. The van der Waals surface area contributed by atoms with E-state index in [4.69, 9.17) is 10.1 Å². The standard InChI is InChI=1S/C24H25BrN4O2S/c1-16-8-9-19(14-22(16)29(30)31)17(2)27-28-23(18-10-12-20(25)13-11-18)15-32-24(28)26-21-6-4-3-5-7-21/h8-15,21H,3-7H2,1-2H3. The molecule has 3 aromatic rings. The second kappa shape index (κ2) is 9.92. The summed E-state index contributed by atoms with van der Waals surface area (Å²) in [7, 11) is 0. The van der Waals surface area contributed by atoms with Crippen molar-refractivity contribution in [3.05, 3.63) is 78.4 Å². The minimum atomic E-state index is -0.346. The monoisotopic (exact) mass is 512 g/mol. The molecule has 0 unspecified atom stereocenters. The highest BCUT2D eigenvalue weighted by molar-refractivity contribution is 9.10. The Morgan fingerprint density at radius 3 is 2.56 bits per heavy atom. The Balaban J connectivity index is 1.82. The van der Waals surface area contributed by atoms with Crippen LogP contribution in [0.2, 0.25) is 0 Å². The third kappa shape index (κ3) is 5.07. The predicted octanol–water partition coefficient (Wildman–Crippen LogP) is 6.70. The topological polar surface area (TPSA) is 72.8 Å². The Hall–Kier alpha value is -2.58. The molecule has 1 aliphatic rings. The van der Waals surface area contributed by atoms with E-state index in [2.05, 4.69) is 33.4 Å². The number of nitrogens with zero attached hydrogens (tertiary/aromatic N) is 4. The first kappa shape index (κ1) is 22.6. The van der Waals surface area contributed by atoms with Gasteiger partial charge >= 0.3 is 0 Å². The number of aryl methyl sites for hydroxylation is 1. The quantitative estimate of drug-likeness (QED) is 0.216. The Labute approximate surface area is 199 Å². The first-order valence-corrected chi connectivity index (χ1v) is 12.4. The van der Waals surface area contributed by atoms with Crippen molar-refractivity contribution in [1.82, 2.24) is 4.68 Å². The molecule has 0 radical (unpaired) electrons. The van der Waals surface area contributed by atoms with Gasteiger partial charge in [0.25, 0.3) is 5.69 Å². The summed E-state index contributed by atoms with van der Waals surface area (Å²) >= 11 is 5.08. The van der Waals surface area contributed by atoms with Crippen molar-refractivity contribution >= 4 is 38.7 Å². The van der Waals surface area contributed by atoms with E-state index >= 15 is 0 Å². The second-order valence-electron chi connectivity index (χ2n) is 8.09. The van der Waals surface area contributed by atoms with Gasteiger partial charge in [0.2, 0.25) is 4.80 Å². The van der Waals surface area contributed by atoms with E-state index in [-0.39, 0.29) is 10.6 Å². The summed E-state index contributed by atoms with van der Waals surface area (Å²) < 4.78 is 2.91. The van der Waals surface area contributed by atoms with Crippen LogP contribution in [0.25, 0.3) is 11.3 Å². The molecule has 6 nitrogen and oxygen atoms in total. The van der Waals surface area contributed by atoms with Gasteiger partial charge in [0.15, 0.2) is 0 Å². The predicted molar refractivity (Wildman–Crippen MR) is 133 cm³/mol. The molecule has 32 heavy (non-hydrogen) atoms. The van der Waals surface area contributed by atoms with Crippen LogP contribution >= 0.6 is 27.3 Å². The lowest BCUT2D eigenvalue weighted by atomic mass is 9.96. The van der Waals surface area contributed by atoms with E-state index in [9.17, 15) is 10.1 Å². The molecule has 4 rings (SSSR count). The number of hydrogen-bond acceptors (Lipinski definition) is 5. The molecule has 1 aromatic heterocycles. The zero-order chi connectivity index (χ0) is 22.7. The lowest BCUT2D eigenvalue weighted by Gasteiger charge is -2.17. The maximum Gasteiger partial charge on any atom is 0.272 e. The van der Waals surface area contributed by atoms with Crippen LogP contribution in [0.4, 0.5) is 5.69 Å². The fourth-order valence-corrected chi connectivity index (χ4v) is 5.08. The van der Waals surface area contributed by atoms with Crippen molar-refractivity contribution in [1.29, 1.82) is 0 Å². The van der Waals surface area contributed by atoms with Gasteiger partial charge in [0.1, 0.15) is 0 Å². The molecule has 0 N–H and O–H groups in total. The molecular formula is C24H25BrN4O2S. The number of rotatable bonds is 5. The fraction of sp³-hybridized carbons (Fsp3) is 0.333. The first-order valence-electron chi connectivity index (χ1n) is 10.7. The first-order chi connectivity index (χ1) is 15.4. The van der Waals surface area contributed by atoms with Crippen LogP contribution in [-0.4, -0.2) is 21.4 Å². The summed E-state index contributed by atoms with van der Waals surface area (Å²) in [5.41, 5.74) is 4.17. The molecule has 1 fully saturated rings. The van der Waals surface area contributed by atoms with Gasteiger partial charge < -0.3 is 0 Å². The van der Waals surface area contributed by atoms with Crippen LogP contribution in [0.15, 0.2) is 62.4 Å². The van der Waals surface area contributed by atoms with Gasteiger partial charge in [0.05, 0.1) is 22.4 Å². The van der Waals surface area contributed by atoms with Crippen molar-refractivity contribution in [3.63, 3.8) is 0 Å². The molecule has 1 heterocycles. The molecule has 2 aromatic carbocycles. The van der Waals surface area contributed by atoms with Gasteiger partial charge in [-0.15, -0.1) is 11.3 Å². The molecule has 0 bridgehead atoms. The van der Waals surface area contributed by atoms with Gasteiger partial charge in [0, 0.05) is 32.6 Å². The Bertz CT molecular complexity index is 1220. The van der Waals surface area contributed by atoms with Gasteiger partial charge in [-0.25, -0.2) is 4.68 Å². The lowest BCUT2D eigenvalue weighted by molar-refractivity contribution is -0.385. The van der Waals surface area contributed by atoms with Gasteiger partial charge in [-0.3, -0.25) is 15.1 Å². The molecule has 0 aliphatic heterocycles. The van der Waals surface area contributed by atoms with E-state index in [0.717, 1.165) is 38.9 Å². The molecule has 0 amide bonds. The summed E-state index contributed by atoms with van der Waals surface area (Å²) in [5.74, 6) is 0. The van der Waals surface area contributed by atoms with Crippen LogP contribution in [0.5, 0.6) is 0 Å². The number of nitro groups is 1. The number of aromatic nitrogens is 1. The second-order valence-corrected chi connectivity index (χ2v) is 9.84. The molecule has 0 atom stereocenters. The van der Waals surface area contributed by atoms with Crippen molar-refractivity contribution in [3.8, 4) is 11.3 Å². The number of hydrogen-bond donors (Lipinski definition) is 0. The lowest BCUT2D eigenvalue weighted by Crippen LogP contribution is -2.19. The Morgan fingerprint density at radius 1 is 1.16 bits per heavy atom. The maximum absolute atomic E-state index is 11.4. The van der Waals surface area contributed by atoms with Gasteiger partial charge in [-0.1, -0.05) is 59.5 Å². The average Bonchev–Trinajstić information content (AvgIpc) is 3.17. The van der Waals surface area contributed by atoms with Crippen molar-refractivity contribution in [2.24, 2.45) is 10.1 Å². The normalized spacial score (nSPS) is 15.8. The Kier molecular flexibility index (Phi) is 7.01. The maximum atomic E-state index is 11.4. The fourth-order valence-electron chi connectivity index (χ4n) is 3.91. The summed E-state index contributed by atoms with van der Waals surface area (Å²) in [4.78, 5) is 17.0. The van der Waals surface area contributed by atoms with Gasteiger partial charge in [-0.2, -0.15) is 5.10 Å². The minimum Gasteiger partial charge on any atom is -0.258 e. The van der Waals surface area contributed by atoms with E-state index in [1.54, 1.807) is 30.4 Å². The van der Waals surface area contributed by atoms with E-state index in [1.165, 1.54) is 19.3 Å². The van der Waals surface area contributed by atoms with Crippen molar-refractivity contribution in [2.45, 2.75) is 52.0 Å². The SMILES string of the molecule is CC(=Nn1c(-c2ccc(Br)cc2)csc1=NC1CCCCC1)c1ccc(C)c([N+](=O)[O-])c1. The van der Waals surface area contributed by atoms with Crippen molar-refractivity contribution < 1.29 is 4.92 Å². The molecule has 1 aliphatic carbocycles. The number of benzene rings is 2. The van der Waals surface area contributed by atoms with Crippen LogP contribution < -0.4 is 4.80 Å². The molecule has 0 saturated heterocycles. The summed E-state index contributed by atoms with van der Waals surface area (Å²) in [6.45, 7) is 3.63. The molecule has 166 valence electrons. The Morgan fingerprint density at radius 2 is 1.88 bits per heavy atom. The highest BCUT2D eigenvalue weighted by Gasteiger charge is 2.16. The summed E-state index contributed by atoms with van der Waals surface area (Å²) in [5, 5.41) is 18.4. The third-order valence-electron chi connectivity index (χ3n) is 5.77. The summed E-state index contributed by atoms with van der Waals surface area (Å²) in [6, 6.07) is 13.7. The van der Waals surface area contributed by atoms with E-state index in [0.29, 0.717) is 17.3 Å². The molecule has 8 heteroatoms. The zero-order valence-electron chi connectivity index (χ0n) is 18.1. The highest BCUT2D eigenvalue weighted by atomic mass is 79.9. The van der Waals surface area contributed by atoms with E-state index in [1.807, 2.05) is 29.8 Å². The average molecular weight is 513 g/mol. The smallest absolute Gasteiger partial charge is 0.258 e. The number of halogens is 1. The van der Waals surface area contributed by atoms with Crippen LogP contribution in [0.1, 0.15) is 50.2 Å². The molecule has 0 spiro atoms. The summed E-state index contributed by atoms with van der Waals surface area (Å²) in [6.07, 6.45) is 5.93. The molecule has 1 saturated carbocycles. The number of nitro benzene ring substituents is 1. The largest absolute Gasteiger partial charge is 0.272 e. The van der Waals surface area contributed by atoms with E-state index < -0.39 is 0 Å². The minimum absolute atomic E-state index is 0.104. The van der Waals surface area contributed by atoms with Crippen molar-refractivity contribution in [2.75, 3.05) is 0 Å².